The molecule has 1 heterocycles. The fourth-order valence-electron chi connectivity index (χ4n) is 2.03. The van der Waals surface area contributed by atoms with Crippen LogP contribution in [0.2, 0.25) is 0 Å². The minimum absolute atomic E-state index is 0.0300. The first-order valence-electron chi connectivity index (χ1n) is 5.81. The average Bonchev–Trinajstić information content (AvgIpc) is 2.77. The molecule has 0 amide bonds. The SMILES string of the molecule is COc1cc(F)c(OC)c(-c2cnn(C)c2N)c1OC. The van der Waals surface area contributed by atoms with Gasteiger partial charge >= 0.3 is 0 Å². The summed E-state index contributed by atoms with van der Waals surface area (Å²) in [5.41, 5.74) is 6.84. The molecule has 0 fully saturated rings. The fourth-order valence-corrected chi connectivity index (χ4v) is 2.03. The molecule has 108 valence electrons. The van der Waals surface area contributed by atoms with Crippen LogP contribution in [0.4, 0.5) is 10.2 Å². The summed E-state index contributed by atoms with van der Waals surface area (Å²) in [5, 5.41) is 4.05. The number of nitrogens with zero attached hydrogens (tertiary/aromatic N) is 2. The number of aromatic nitrogens is 2. The van der Waals surface area contributed by atoms with Crippen LogP contribution in [0.5, 0.6) is 17.2 Å². The Labute approximate surface area is 115 Å². The van der Waals surface area contributed by atoms with Crippen molar-refractivity contribution in [3.05, 3.63) is 18.1 Å². The normalized spacial score (nSPS) is 10.4. The van der Waals surface area contributed by atoms with Crippen molar-refractivity contribution in [1.29, 1.82) is 0 Å². The standard InChI is InChI=1S/C13H16FN3O3/c1-17-13(15)7(6-16-17)10-11(19-3)8(14)5-9(18-2)12(10)20-4/h5-6H,15H2,1-4H3. The molecule has 0 bridgehead atoms. The van der Waals surface area contributed by atoms with Crippen molar-refractivity contribution in [2.45, 2.75) is 0 Å². The third-order valence-corrected chi connectivity index (χ3v) is 3.03. The van der Waals surface area contributed by atoms with E-state index in [-0.39, 0.29) is 11.5 Å². The molecule has 0 aliphatic heterocycles. The Balaban J connectivity index is 2.84. The molecule has 6 nitrogen and oxygen atoms in total. The molecule has 0 aliphatic rings. The average molecular weight is 281 g/mol. The van der Waals surface area contributed by atoms with E-state index in [4.69, 9.17) is 19.9 Å². The zero-order valence-electron chi connectivity index (χ0n) is 11.7. The van der Waals surface area contributed by atoms with E-state index in [1.54, 1.807) is 7.05 Å². The summed E-state index contributed by atoms with van der Waals surface area (Å²) in [6.07, 6.45) is 1.52. The molecular formula is C13H16FN3O3. The zero-order chi connectivity index (χ0) is 14.9. The van der Waals surface area contributed by atoms with Crippen molar-refractivity contribution in [3.63, 3.8) is 0 Å². The summed E-state index contributed by atoms with van der Waals surface area (Å²) in [6, 6.07) is 1.20. The van der Waals surface area contributed by atoms with Gasteiger partial charge in [0.1, 0.15) is 5.82 Å². The van der Waals surface area contributed by atoms with Gasteiger partial charge in [0.05, 0.1) is 38.7 Å². The zero-order valence-corrected chi connectivity index (χ0v) is 11.7. The lowest BCUT2D eigenvalue weighted by Gasteiger charge is -2.16. The molecule has 0 saturated heterocycles. The van der Waals surface area contributed by atoms with Gasteiger partial charge in [-0.15, -0.1) is 0 Å². The molecule has 0 atom stereocenters. The maximum atomic E-state index is 14.1. The van der Waals surface area contributed by atoms with Gasteiger partial charge in [0, 0.05) is 13.1 Å². The molecule has 20 heavy (non-hydrogen) atoms. The number of nitrogens with two attached hydrogens (primary N) is 1. The second kappa shape index (κ2) is 5.28. The third-order valence-electron chi connectivity index (χ3n) is 3.03. The van der Waals surface area contributed by atoms with Crippen LogP contribution >= 0.6 is 0 Å². The van der Waals surface area contributed by atoms with Gasteiger partial charge in [-0.3, -0.25) is 4.68 Å². The van der Waals surface area contributed by atoms with Crippen LogP contribution in [0.25, 0.3) is 11.1 Å². The number of hydrogen-bond acceptors (Lipinski definition) is 5. The van der Waals surface area contributed by atoms with E-state index in [0.29, 0.717) is 22.7 Å². The summed E-state index contributed by atoms with van der Waals surface area (Å²) in [5.74, 6) is 0.425. The summed E-state index contributed by atoms with van der Waals surface area (Å²) >= 11 is 0. The largest absolute Gasteiger partial charge is 0.493 e. The van der Waals surface area contributed by atoms with Crippen molar-refractivity contribution in [2.75, 3.05) is 27.1 Å². The van der Waals surface area contributed by atoms with Crippen molar-refractivity contribution in [2.24, 2.45) is 7.05 Å². The van der Waals surface area contributed by atoms with Gasteiger partial charge in [-0.1, -0.05) is 0 Å². The van der Waals surface area contributed by atoms with Crippen LogP contribution in [0, 0.1) is 5.82 Å². The number of hydrogen-bond donors (Lipinski definition) is 1. The van der Waals surface area contributed by atoms with Crippen molar-refractivity contribution in [1.82, 2.24) is 9.78 Å². The van der Waals surface area contributed by atoms with Gasteiger partial charge in [-0.2, -0.15) is 5.10 Å². The summed E-state index contributed by atoms with van der Waals surface area (Å²) < 4.78 is 31.2. The molecule has 7 heteroatoms. The number of halogens is 1. The molecule has 2 N–H and O–H groups in total. The van der Waals surface area contributed by atoms with Crippen LogP contribution < -0.4 is 19.9 Å². The van der Waals surface area contributed by atoms with Crippen molar-refractivity contribution >= 4 is 5.82 Å². The molecular weight excluding hydrogens is 265 g/mol. The highest BCUT2D eigenvalue weighted by Crippen LogP contribution is 2.47. The van der Waals surface area contributed by atoms with E-state index in [0.717, 1.165) is 0 Å². The van der Waals surface area contributed by atoms with E-state index >= 15 is 0 Å². The maximum Gasteiger partial charge on any atom is 0.172 e. The van der Waals surface area contributed by atoms with E-state index in [9.17, 15) is 4.39 Å². The fraction of sp³-hybridized carbons (Fsp3) is 0.308. The Morgan fingerprint density at radius 1 is 1.15 bits per heavy atom. The first kappa shape index (κ1) is 14.0. The summed E-state index contributed by atoms with van der Waals surface area (Å²) in [4.78, 5) is 0. The minimum atomic E-state index is -0.566. The Hall–Kier alpha value is -2.44. The molecule has 0 spiro atoms. The van der Waals surface area contributed by atoms with Gasteiger partial charge in [-0.05, 0) is 0 Å². The van der Waals surface area contributed by atoms with Crippen LogP contribution in [0.15, 0.2) is 12.3 Å². The number of aryl methyl sites for hydroxylation is 1. The molecule has 0 unspecified atom stereocenters. The maximum absolute atomic E-state index is 14.1. The van der Waals surface area contributed by atoms with Crippen LogP contribution in [0.3, 0.4) is 0 Å². The summed E-state index contributed by atoms with van der Waals surface area (Å²) in [7, 11) is 5.96. The van der Waals surface area contributed by atoms with E-state index < -0.39 is 5.82 Å². The van der Waals surface area contributed by atoms with E-state index in [1.165, 1.54) is 38.3 Å². The lowest BCUT2D eigenvalue weighted by molar-refractivity contribution is 0.342. The lowest BCUT2D eigenvalue weighted by atomic mass is 10.0. The summed E-state index contributed by atoms with van der Waals surface area (Å²) in [6.45, 7) is 0. The highest BCUT2D eigenvalue weighted by atomic mass is 19.1. The van der Waals surface area contributed by atoms with E-state index in [1.807, 2.05) is 0 Å². The number of benzene rings is 1. The van der Waals surface area contributed by atoms with Crippen LogP contribution in [0.1, 0.15) is 0 Å². The third kappa shape index (κ3) is 2.01. The van der Waals surface area contributed by atoms with Crippen molar-refractivity contribution < 1.29 is 18.6 Å². The second-order valence-electron chi connectivity index (χ2n) is 4.07. The monoisotopic (exact) mass is 281 g/mol. The number of anilines is 1. The molecule has 0 aliphatic carbocycles. The quantitative estimate of drug-likeness (QED) is 0.925. The Kier molecular flexibility index (Phi) is 3.69. The van der Waals surface area contributed by atoms with Crippen molar-refractivity contribution in [3.8, 4) is 28.4 Å². The number of methoxy groups -OCH3 is 3. The van der Waals surface area contributed by atoms with Gasteiger partial charge in [0.15, 0.2) is 23.1 Å². The van der Waals surface area contributed by atoms with Gasteiger partial charge in [0.25, 0.3) is 0 Å². The Morgan fingerprint density at radius 2 is 1.80 bits per heavy atom. The molecule has 0 radical (unpaired) electrons. The lowest BCUT2D eigenvalue weighted by Crippen LogP contribution is -2.02. The van der Waals surface area contributed by atoms with E-state index in [2.05, 4.69) is 5.10 Å². The molecule has 1 aromatic carbocycles. The molecule has 0 saturated carbocycles. The minimum Gasteiger partial charge on any atom is -0.493 e. The Bertz CT molecular complexity index is 640. The Morgan fingerprint density at radius 3 is 2.25 bits per heavy atom. The smallest absolute Gasteiger partial charge is 0.172 e. The second-order valence-corrected chi connectivity index (χ2v) is 4.07. The highest BCUT2D eigenvalue weighted by Gasteiger charge is 2.25. The first-order chi connectivity index (χ1) is 9.54. The number of ether oxygens (including phenoxy) is 3. The predicted molar refractivity (Wildman–Crippen MR) is 72.7 cm³/mol. The predicted octanol–water partition coefficient (Wildman–Crippen LogP) is 1.83. The number of nitrogen functional groups attached to an aromatic ring is 1. The molecule has 1 aromatic heterocycles. The topological polar surface area (TPSA) is 71.5 Å². The first-order valence-corrected chi connectivity index (χ1v) is 5.81. The molecule has 2 rings (SSSR count). The van der Waals surface area contributed by atoms with Gasteiger partial charge in [-0.25, -0.2) is 4.39 Å². The highest BCUT2D eigenvalue weighted by molar-refractivity contribution is 5.85. The van der Waals surface area contributed by atoms with Crippen LogP contribution in [-0.4, -0.2) is 31.1 Å². The van der Waals surface area contributed by atoms with Gasteiger partial charge in [0.2, 0.25) is 0 Å². The van der Waals surface area contributed by atoms with Gasteiger partial charge < -0.3 is 19.9 Å². The number of rotatable bonds is 4. The molecule has 2 aromatic rings. The van der Waals surface area contributed by atoms with Crippen LogP contribution in [-0.2, 0) is 7.05 Å².